The lowest BCUT2D eigenvalue weighted by Crippen LogP contribution is -1.96. The van der Waals surface area contributed by atoms with Gasteiger partial charge >= 0.3 is 0 Å². The molecule has 6 nitrogen and oxygen atoms in total. The highest BCUT2D eigenvalue weighted by atomic mass is 35.5. The van der Waals surface area contributed by atoms with Crippen LogP contribution in [-0.2, 0) is 0 Å². The first-order valence-corrected chi connectivity index (χ1v) is 15.5. The van der Waals surface area contributed by atoms with Crippen molar-refractivity contribution in [2.24, 2.45) is 0 Å². The summed E-state index contributed by atoms with van der Waals surface area (Å²) in [4.78, 5) is 28.4. The van der Waals surface area contributed by atoms with Gasteiger partial charge < -0.3 is 0 Å². The number of benzene rings is 4. The molecule has 7 heteroatoms. The Kier molecular flexibility index (Phi) is 7.46. The molecule has 8 aromatic rings. The van der Waals surface area contributed by atoms with Crippen molar-refractivity contribution < 1.29 is 0 Å². The van der Waals surface area contributed by atoms with E-state index >= 15 is 0 Å². The number of nitrogens with zero attached hydrogens (tertiary/aromatic N) is 6. The third kappa shape index (κ3) is 5.86. The molecule has 4 aromatic carbocycles. The molecule has 0 aliphatic heterocycles. The molecule has 0 aliphatic carbocycles. The Hall–Kier alpha value is -6.11. The number of halogens is 1. The molecule has 0 spiro atoms. The van der Waals surface area contributed by atoms with Gasteiger partial charge in [-0.25, -0.2) is 19.9 Å². The van der Waals surface area contributed by atoms with E-state index in [1.807, 2.05) is 91.0 Å². The van der Waals surface area contributed by atoms with Crippen LogP contribution in [0.4, 0.5) is 0 Å². The average Bonchev–Trinajstić information content (AvgIpc) is 3.15. The largest absolute Gasteiger partial charge is 0.256 e. The fourth-order valence-electron chi connectivity index (χ4n) is 5.50. The standard InChI is InChI=1S/C40H25ClN6/c41-39-38(44-34-9-1-2-10-35(34)45-39)30-19-21-31(22-20-30)40-46-36(28-15-11-26(12-16-28)32-7-3-5-23-42-32)25-37(47-40)29-17-13-27(14-18-29)33-8-4-6-24-43-33/h1-25H. The Labute approximate surface area is 276 Å². The first-order chi connectivity index (χ1) is 23.2. The van der Waals surface area contributed by atoms with Crippen LogP contribution in [-0.4, -0.2) is 29.9 Å². The van der Waals surface area contributed by atoms with E-state index in [0.717, 1.165) is 67.2 Å². The van der Waals surface area contributed by atoms with Gasteiger partial charge in [0.05, 0.1) is 33.8 Å². The first-order valence-electron chi connectivity index (χ1n) is 15.1. The molecule has 0 aliphatic rings. The Bertz CT molecular complexity index is 2230. The van der Waals surface area contributed by atoms with Gasteiger partial charge in [0.25, 0.3) is 0 Å². The predicted molar refractivity (Wildman–Crippen MR) is 188 cm³/mol. The van der Waals surface area contributed by atoms with E-state index in [0.29, 0.717) is 16.7 Å². The summed E-state index contributed by atoms with van der Waals surface area (Å²) in [6.07, 6.45) is 3.61. The average molecular weight is 625 g/mol. The molecule has 8 rings (SSSR count). The van der Waals surface area contributed by atoms with Crippen molar-refractivity contribution in [1.82, 2.24) is 29.9 Å². The van der Waals surface area contributed by atoms with Crippen LogP contribution in [0.2, 0.25) is 5.15 Å². The molecule has 0 fully saturated rings. The lowest BCUT2D eigenvalue weighted by molar-refractivity contribution is 1.18. The Balaban J connectivity index is 1.19. The van der Waals surface area contributed by atoms with E-state index < -0.39 is 0 Å². The second-order valence-corrected chi connectivity index (χ2v) is 11.3. The number of hydrogen-bond donors (Lipinski definition) is 0. The fraction of sp³-hybridized carbons (Fsp3) is 0. The minimum absolute atomic E-state index is 0.361. The van der Waals surface area contributed by atoms with Crippen LogP contribution < -0.4 is 0 Å². The molecule has 0 bridgehead atoms. The van der Waals surface area contributed by atoms with E-state index in [9.17, 15) is 0 Å². The van der Waals surface area contributed by atoms with Crippen LogP contribution in [0, 0.1) is 0 Å². The first kappa shape index (κ1) is 28.4. The van der Waals surface area contributed by atoms with Gasteiger partial charge in [-0.3, -0.25) is 9.97 Å². The Morgan fingerprint density at radius 3 is 1.28 bits per heavy atom. The molecule has 47 heavy (non-hydrogen) atoms. The zero-order valence-corrected chi connectivity index (χ0v) is 25.8. The SMILES string of the molecule is Clc1nc2ccccc2nc1-c1ccc(-c2nc(-c3ccc(-c4ccccn4)cc3)cc(-c3ccc(-c4ccccn4)cc3)n2)cc1. The highest BCUT2D eigenvalue weighted by Crippen LogP contribution is 2.32. The van der Waals surface area contributed by atoms with E-state index in [4.69, 9.17) is 26.6 Å². The Morgan fingerprint density at radius 2 is 0.787 bits per heavy atom. The summed E-state index contributed by atoms with van der Waals surface area (Å²) in [6.45, 7) is 0. The molecule has 0 unspecified atom stereocenters. The minimum atomic E-state index is 0.361. The van der Waals surface area contributed by atoms with E-state index in [1.54, 1.807) is 12.4 Å². The van der Waals surface area contributed by atoms with Gasteiger partial charge in [-0.1, -0.05) is 109 Å². The molecule has 0 N–H and O–H groups in total. The van der Waals surface area contributed by atoms with Crippen molar-refractivity contribution in [3.05, 3.63) is 157 Å². The summed E-state index contributed by atoms with van der Waals surface area (Å²) in [5, 5.41) is 0.361. The van der Waals surface area contributed by atoms with Crippen LogP contribution in [0.25, 0.3) is 78.7 Å². The number of rotatable bonds is 6. The summed E-state index contributed by atoms with van der Waals surface area (Å²) in [6, 6.07) is 46.1. The monoisotopic (exact) mass is 624 g/mol. The van der Waals surface area contributed by atoms with Crippen molar-refractivity contribution in [3.63, 3.8) is 0 Å². The molecule has 222 valence electrons. The van der Waals surface area contributed by atoms with Crippen molar-refractivity contribution in [2.75, 3.05) is 0 Å². The molecular formula is C40H25ClN6. The number of pyridine rings is 2. The molecule has 0 radical (unpaired) electrons. The Morgan fingerprint density at radius 1 is 0.362 bits per heavy atom. The molecule has 4 aromatic heterocycles. The highest BCUT2D eigenvalue weighted by Gasteiger charge is 2.14. The minimum Gasteiger partial charge on any atom is -0.256 e. The number of fused-ring (bicyclic) bond motifs is 1. The smallest absolute Gasteiger partial charge is 0.160 e. The maximum Gasteiger partial charge on any atom is 0.160 e. The maximum atomic E-state index is 6.57. The number of para-hydroxylation sites is 2. The van der Waals surface area contributed by atoms with Gasteiger partial charge in [-0.05, 0) is 42.5 Å². The van der Waals surface area contributed by atoms with E-state index in [-0.39, 0.29) is 0 Å². The molecule has 0 saturated carbocycles. The lowest BCUT2D eigenvalue weighted by Gasteiger charge is -2.11. The number of aromatic nitrogens is 6. The molecule has 0 atom stereocenters. The van der Waals surface area contributed by atoms with Crippen molar-refractivity contribution in [1.29, 1.82) is 0 Å². The van der Waals surface area contributed by atoms with Crippen LogP contribution in [0.3, 0.4) is 0 Å². The summed E-state index contributed by atoms with van der Waals surface area (Å²) >= 11 is 6.57. The highest BCUT2D eigenvalue weighted by molar-refractivity contribution is 6.32. The van der Waals surface area contributed by atoms with Gasteiger partial charge in [-0.2, -0.15) is 0 Å². The molecule has 0 amide bonds. The zero-order chi connectivity index (χ0) is 31.6. The van der Waals surface area contributed by atoms with Crippen LogP contribution in [0.15, 0.2) is 152 Å². The zero-order valence-electron chi connectivity index (χ0n) is 25.0. The van der Waals surface area contributed by atoms with Gasteiger partial charge in [0.2, 0.25) is 0 Å². The number of hydrogen-bond acceptors (Lipinski definition) is 6. The van der Waals surface area contributed by atoms with Crippen LogP contribution in [0.1, 0.15) is 0 Å². The van der Waals surface area contributed by atoms with E-state index in [2.05, 4.69) is 63.5 Å². The summed E-state index contributed by atoms with van der Waals surface area (Å²) < 4.78 is 0. The van der Waals surface area contributed by atoms with Gasteiger partial charge in [-0.15, -0.1) is 0 Å². The summed E-state index contributed by atoms with van der Waals surface area (Å²) in [5.74, 6) is 0.613. The van der Waals surface area contributed by atoms with E-state index in [1.165, 1.54) is 0 Å². The van der Waals surface area contributed by atoms with Crippen molar-refractivity contribution in [3.8, 4) is 67.7 Å². The van der Waals surface area contributed by atoms with Crippen molar-refractivity contribution >= 4 is 22.6 Å². The normalized spacial score (nSPS) is 11.1. The van der Waals surface area contributed by atoms with Gasteiger partial charge in [0.15, 0.2) is 11.0 Å². The molecule has 4 heterocycles. The fourth-order valence-corrected chi connectivity index (χ4v) is 5.74. The summed E-state index contributed by atoms with van der Waals surface area (Å²) in [5.41, 5.74) is 11.5. The molecular weight excluding hydrogens is 600 g/mol. The lowest BCUT2D eigenvalue weighted by atomic mass is 10.0. The topological polar surface area (TPSA) is 77.3 Å². The van der Waals surface area contributed by atoms with Crippen LogP contribution >= 0.6 is 11.6 Å². The van der Waals surface area contributed by atoms with Crippen molar-refractivity contribution in [2.45, 2.75) is 0 Å². The third-order valence-corrected chi connectivity index (χ3v) is 8.22. The predicted octanol–water partition coefficient (Wildman–Crippen LogP) is 9.87. The summed E-state index contributed by atoms with van der Waals surface area (Å²) in [7, 11) is 0. The van der Waals surface area contributed by atoms with Gasteiger partial charge in [0.1, 0.15) is 5.69 Å². The molecule has 0 saturated heterocycles. The third-order valence-electron chi connectivity index (χ3n) is 7.95. The second kappa shape index (κ2) is 12.4. The van der Waals surface area contributed by atoms with Gasteiger partial charge in [0, 0.05) is 45.8 Å². The second-order valence-electron chi connectivity index (χ2n) is 11.0. The maximum absolute atomic E-state index is 6.57. The quantitative estimate of drug-likeness (QED) is 0.183. The van der Waals surface area contributed by atoms with Crippen LogP contribution in [0.5, 0.6) is 0 Å².